The Balaban J connectivity index is 1.54. The minimum atomic E-state index is -0.480. The molecule has 0 aliphatic rings. The molecular formula is C23H19N3O3. The molecule has 0 fully saturated rings. The second kappa shape index (κ2) is 7.59. The summed E-state index contributed by atoms with van der Waals surface area (Å²) in [7, 11) is 3.29. The predicted octanol–water partition coefficient (Wildman–Crippen LogP) is 4.28. The molecular weight excluding hydrogens is 366 g/mol. The number of para-hydroxylation sites is 2. The maximum absolute atomic E-state index is 12.5. The van der Waals surface area contributed by atoms with Gasteiger partial charge in [-0.15, -0.1) is 0 Å². The van der Waals surface area contributed by atoms with Crippen LogP contribution in [0.3, 0.4) is 0 Å². The highest BCUT2D eigenvalue weighted by Gasteiger charge is 2.12. The molecule has 0 atom stereocenters. The molecule has 0 bridgehead atoms. The van der Waals surface area contributed by atoms with Gasteiger partial charge in [-0.05, 0) is 54.6 Å². The van der Waals surface area contributed by atoms with E-state index in [9.17, 15) is 9.59 Å². The first-order valence-electron chi connectivity index (χ1n) is 9.08. The molecule has 144 valence electrons. The van der Waals surface area contributed by atoms with Crippen LogP contribution in [-0.4, -0.2) is 28.5 Å². The molecule has 0 saturated heterocycles. The third-order valence-electron chi connectivity index (χ3n) is 4.73. The number of benzene rings is 3. The number of imidazole rings is 1. The van der Waals surface area contributed by atoms with Crippen LogP contribution >= 0.6 is 0 Å². The summed E-state index contributed by atoms with van der Waals surface area (Å²) in [6.45, 7) is 0. The van der Waals surface area contributed by atoms with E-state index in [1.165, 1.54) is 13.2 Å². The van der Waals surface area contributed by atoms with E-state index in [1.54, 1.807) is 18.2 Å². The lowest BCUT2D eigenvalue weighted by atomic mass is 10.1. The molecule has 1 amide bonds. The number of carbonyl (C=O) groups excluding carboxylic acids is 2. The standard InChI is InChI=1S/C23H19N3O3/c1-26-20-9-4-3-8-19(20)25-21(26)15-10-12-18(13-11-15)24-22(27)16-6-5-7-17(14-16)23(28)29-2/h3-14H,1-2H3,(H,24,27). The van der Waals surface area contributed by atoms with Gasteiger partial charge in [0.2, 0.25) is 0 Å². The highest BCUT2D eigenvalue weighted by Crippen LogP contribution is 2.25. The molecule has 0 saturated carbocycles. The fraction of sp³-hybridized carbons (Fsp3) is 0.0870. The summed E-state index contributed by atoms with van der Waals surface area (Å²) in [4.78, 5) is 28.9. The Hall–Kier alpha value is -3.93. The van der Waals surface area contributed by atoms with Crippen LogP contribution in [0.4, 0.5) is 5.69 Å². The van der Waals surface area contributed by atoms with Crippen molar-refractivity contribution in [2.75, 3.05) is 12.4 Å². The number of anilines is 1. The van der Waals surface area contributed by atoms with Gasteiger partial charge in [0, 0.05) is 23.9 Å². The van der Waals surface area contributed by atoms with E-state index < -0.39 is 5.97 Å². The minimum absolute atomic E-state index is 0.300. The number of aryl methyl sites for hydroxylation is 1. The zero-order valence-corrected chi connectivity index (χ0v) is 16.0. The van der Waals surface area contributed by atoms with Crippen LogP contribution in [0.1, 0.15) is 20.7 Å². The normalized spacial score (nSPS) is 10.7. The van der Waals surface area contributed by atoms with Gasteiger partial charge >= 0.3 is 5.97 Å². The number of hydrogen-bond acceptors (Lipinski definition) is 4. The molecule has 0 aliphatic heterocycles. The highest BCUT2D eigenvalue weighted by atomic mass is 16.5. The molecule has 1 heterocycles. The van der Waals surface area contributed by atoms with Gasteiger partial charge in [-0.25, -0.2) is 9.78 Å². The van der Waals surface area contributed by atoms with Crippen LogP contribution in [-0.2, 0) is 11.8 Å². The molecule has 29 heavy (non-hydrogen) atoms. The number of esters is 1. The van der Waals surface area contributed by atoms with Crippen LogP contribution in [0, 0.1) is 0 Å². The summed E-state index contributed by atoms with van der Waals surface area (Å²) in [5.41, 5.74) is 4.32. The average molecular weight is 385 g/mol. The van der Waals surface area contributed by atoms with E-state index in [4.69, 9.17) is 4.74 Å². The molecule has 0 radical (unpaired) electrons. The van der Waals surface area contributed by atoms with Gasteiger partial charge in [-0.2, -0.15) is 0 Å². The van der Waals surface area contributed by atoms with Crippen LogP contribution in [0.25, 0.3) is 22.4 Å². The van der Waals surface area contributed by atoms with Crippen molar-refractivity contribution in [3.05, 3.63) is 83.9 Å². The van der Waals surface area contributed by atoms with Crippen LogP contribution in [0.15, 0.2) is 72.8 Å². The summed E-state index contributed by atoms with van der Waals surface area (Å²) in [6.07, 6.45) is 0. The Labute approximate surface area is 167 Å². The first-order valence-corrected chi connectivity index (χ1v) is 9.08. The number of nitrogens with one attached hydrogen (secondary N) is 1. The number of nitrogens with zero attached hydrogens (tertiary/aromatic N) is 2. The number of rotatable bonds is 4. The minimum Gasteiger partial charge on any atom is -0.465 e. The zero-order valence-electron chi connectivity index (χ0n) is 16.0. The van der Waals surface area contributed by atoms with Gasteiger partial charge < -0.3 is 14.6 Å². The van der Waals surface area contributed by atoms with Crippen LogP contribution in [0.5, 0.6) is 0 Å². The first kappa shape index (κ1) is 18.4. The maximum atomic E-state index is 12.5. The molecule has 6 heteroatoms. The van der Waals surface area contributed by atoms with Crippen molar-refractivity contribution in [1.29, 1.82) is 0 Å². The van der Waals surface area contributed by atoms with E-state index in [0.717, 1.165) is 22.4 Å². The molecule has 3 aromatic carbocycles. The van der Waals surface area contributed by atoms with E-state index >= 15 is 0 Å². The van der Waals surface area contributed by atoms with Crippen molar-refractivity contribution < 1.29 is 14.3 Å². The Morgan fingerprint density at radius 1 is 0.931 bits per heavy atom. The lowest BCUT2D eigenvalue weighted by molar-refractivity contribution is 0.0600. The van der Waals surface area contributed by atoms with E-state index in [1.807, 2.05) is 60.1 Å². The van der Waals surface area contributed by atoms with E-state index in [-0.39, 0.29) is 5.91 Å². The van der Waals surface area contributed by atoms with Gasteiger partial charge in [-0.1, -0.05) is 18.2 Å². The summed E-state index contributed by atoms with van der Waals surface area (Å²) >= 11 is 0. The topological polar surface area (TPSA) is 73.2 Å². The third kappa shape index (κ3) is 3.60. The van der Waals surface area contributed by atoms with Crippen molar-refractivity contribution in [3.8, 4) is 11.4 Å². The first-order chi connectivity index (χ1) is 14.1. The van der Waals surface area contributed by atoms with E-state index in [0.29, 0.717) is 16.8 Å². The monoisotopic (exact) mass is 385 g/mol. The predicted molar refractivity (Wildman–Crippen MR) is 112 cm³/mol. The van der Waals surface area contributed by atoms with Crippen molar-refractivity contribution in [2.45, 2.75) is 0 Å². The second-order valence-corrected chi connectivity index (χ2v) is 6.59. The maximum Gasteiger partial charge on any atom is 0.337 e. The Bertz CT molecular complexity index is 1210. The summed E-state index contributed by atoms with van der Waals surface area (Å²) in [5.74, 6) is 0.0764. The van der Waals surface area contributed by atoms with Gasteiger partial charge in [0.05, 0.1) is 23.7 Å². The molecule has 1 aromatic heterocycles. The number of carbonyl (C=O) groups is 2. The van der Waals surface area contributed by atoms with Crippen LogP contribution < -0.4 is 5.32 Å². The summed E-state index contributed by atoms with van der Waals surface area (Å²) < 4.78 is 6.74. The van der Waals surface area contributed by atoms with Crippen molar-refractivity contribution >= 4 is 28.6 Å². The van der Waals surface area contributed by atoms with E-state index in [2.05, 4.69) is 10.3 Å². The Kier molecular flexibility index (Phi) is 4.83. The zero-order chi connectivity index (χ0) is 20.4. The lowest BCUT2D eigenvalue weighted by Crippen LogP contribution is -2.13. The SMILES string of the molecule is COC(=O)c1cccc(C(=O)Nc2ccc(-c3nc4ccccc4n3C)cc2)c1. The average Bonchev–Trinajstić information content (AvgIpc) is 3.10. The fourth-order valence-electron chi connectivity index (χ4n) is 3.21. The molecule has 0 aliphatic carbocycles. The van der Waals surface area contributed by atoms with Gasteiger partial charge in [0.25, 0.3) is 5.91 Å². The van der Waals surface area contributed by atoms with Gasteiger partial charge in [-0.3, -0.25) is 4.79 Å². The van der Waals surface area contributed by atoms with Crippen molar-refractivity contribution in [2.24, 2.45) is 7.05 Å². The van der Waals surface area contributed by atoms with Crippen molar-refractivity contribution in [1.82, 2.24) is 9.55 Å². The molecule has 4 aromatic rings. The fourth-order valence-corrected chi connectivity index (χ4v) is 3.21. The lowest BCUT2D eigenvalue weighted by Gasteiger charge is -2.08. The third-order valence-corrected chi connectivity index (χ3v) is 4.73. The number of fused-ring (bicyclic) bond motifs is 1. The molecule has 0 unspecified atom stereocenters. The molecule has 0 spiro atoms. The van der Waals surface area contributed by atoms with Crippen molar-refractivity contribution in [3.63, 3.8) is 0 Å². The smallest absolute Gasteiger partial charge is 0.337 e. The molecule has 6 nitrogen and oxygen atoms in total. The highest BCUT2D eigenvalue weighted by molar-refractivity contribution is 6.05. The summed E-state index contributed by atoms with van der Waals surface area (Å²) in [5, 5.41) is 2.84. The number of ether oxygens (including phenoxy) is 1. The van der Waals surface area contributed by atoms with Gasteiger partial charge in [0.15, 0.2) is 0 Å². The van der Waals surface area contributed by atoms with Crippen LogP contribution in [0.2, 0.25) is 0 Å². The number of hydrogen-bond donors (Lipinski definition) is 1. The molecule has 4 rings (SSSR count). The largest absolute Gasteiger partial charge is 0.465 e. The Morgan fingerprint density at radius 3 is 2.38 bits per heavy atom. The second-order valence-electron chi connectivity index (χ2n) is 6.59. The number of amides is 1. The quantitative estimate of drug-likeness (QED) is 0.532. The Morgan fingerprint density at radius 2 is 1.66 bits per heavy atom. The van der Waals surface area contributed by atoms with Gasteiger partial charge in [0.1, 0.15) is 5.82 Å². The number of methoxy groups -OCH3 is 1. The summed E-state index contributed by atoms with van der Waals surface area (Å²) in [6, 6.07) is 21.9. The molecule has 1 N–H and O–H groups in total. The number of aromatic nitrogens is 2.